The second-order valence-electron chi connectivity index (χ2n) is 5.59. The molecule has 1 saturated carbocycles. The van der Waals surface area contributed by atoms with Gasteiger partial charge < -0.3 is 10.1 Å². The highest BCUT2D eigenvalue weighted by Gasteiger charge is 2.24. The lowest BCUT2D eigenvalue weighted by Gasteiger charge is -2.13. The van der Waals surface area contributed by atoms with Crippen LogP contribution in [-0.2, 0) is 21.3 Å². The van der Waals surface area contributed by atoms with E-state index < -0.39 is 10.0 Å². The van der Waals surface area contributed by atoms with Crippen LogP contribution < -0.4 is 10.0 Å². The van der Waals surface area contributed by atoms with Crippen LogP contribution in [0.15, 0.2) is 23.1 Å². The average molecular weight is 331 g/mol. The Labute approximate surface area is 130 Å². The first-order valence-corrected chi connectivity index (χ1v) is 9.02. The fourth-order valence-corrected chi connectivity index (χ4v) is 3.89. The first-order valence-electron chi connectivity index (χ1n) is 7.16. The smallest absolute Gasteiger partial charge is 0.240 e. The number of hydrogen-bond acceptors (Lipinski definition) is 4. The van der Waals surface area contributed by atoms with E-state index in [-0.39, 0.29) is 10.9 Å². The number of halogens is 1. The van der Waals surface area contributed by atoms with Gasteiger partial charge in [0.1, 0.15) is 0 Å². The minimum absolute atomic E-state index is 0.148. The minimum Gasteiger partial charge on any atom is -0.380 e. The molecule has 0 amide bonds. The third-order valence-corrected chi connectivity index (χ3v) is 5.61. The molecule has 1 aliphatic heterocycles. The Balaban J connectivity index is 1.70. The topological polar surface area (TPSA) is 67.4 Å². The van der Waals surface area contributed by atoms with Crippen LogP contribution in [0.1, 0.15) is 24.8 Å². The van der Waals surface area contributed by atoms with Crippen LogP contribution in [0.5, 0.6) is 0 Å². The maximum absolute atomic E-state index is 12.3. The Bertz CT molecular complexity index is 611. The van der Waals surface area contributed by atoms with Gasteiger partial charge in [-0.3, -0.25) is 0 Å². The summed E-state index contributed by atoms with van der Waals surface area (Å²) in [6.07, 6.45) is 3.12. The lowest BCUT2D eigenvalue weighted by molar-refractivity contribution is 0.192. The predicted molar refractivity (Wildman–Crippen MR) is 80.9 cm³/mol. The van der Waals surface area contributed by atoms with Crippen LogP contribution in [0, 0.1) is 0 Å². The molecule has 21 heavy (non-hydrogen) atoms. The van der Waals surface area contributed by atoms with Gasteiger partial charge in [0.15, 0.2) is 0 Å². The van der Waals surface area contributed by atoms with Crippen LogP contribution in [0.2, 0.25) is 5.02 Å². The van der Waals surface area contributed by atoms with E-state index in [0.29, 0.717) is 37.2 Å². The summed E-state index contributed by atoms with van der Waals surface area (Å²) < 4.78 is 32.4. The SMILES string of the molecule is O=S(=O)(NC1CCOC1)c1ccc(CNC2CC2)c(Cl)c1. The fraction of sp³-hybridized carbons (Fsp3) is 0.571. The number of hydrogen-bond donors (Lipinski definition) is 2. The number of nitrogens with one attached hydrogen (secondary N) is 2. The summed E-state index contributed by atoms with van der Waals surface area (Å²) >= 11 is 6.20. The van der Waals surface area contributed by atoms with Crippen molar-refractivity contribution in [1.29, 1.82) is 0 Å². The van der Waals surface area contributed by atoms with Crippen molar-refractivity contribution in [3.05, 3.63) is 28.8 Å². The highest BCUT2D eigenvalue weighted by Crippen LogP contribution is 2.24. The van der Waals surface area contributed by atoms with E-state index in [9.17, 15) is 8.42 Å². The molecule has 0 radical (unpaired) electrons. The van der Waals surface area contributed by atoms with Crippen molar-refractivity contribution < 1.29 is 13.2 Å². The van der Waals surface area contributed by atoms with E-state index in [2.05, 4.69) is 10.0 Å². The van der Waals surface area contributed by atoms with Crippen molar-refractivity contribution in [3.8, 4) is 0 Å². The molecule has 1 aromatic carbocycles. The normalized spacial score (nSPS) is 22.6. The van der Waals surface area contributed by atoms with Gasteiger partial charge in [-0.1, -0.05) is 17.7 Å². The molecule has 5 nitrogen and oxygen atoms in total. The van der Waals surface area contributed by atoms with Gasteiger partial charge in [-0.05, 0) is 37.0 Å². The lowest BCUT2D eigenvalue weighted by Crippen LogP contribution is -2.35. The lowest BCUT2D eigenvalue weighted by atomic mass is 10.2. The summed E-state index contributed by atoms with van der Waals surface area (Å²) in [6.45, 7) is 1.70. The van der Waals surface area contributed by atoms with Gasteiger partial charge in [-0.25, -0.2) is 13.1 Å². The van der Waals surface area contributed by atoms with Gasteiger partial charge in [-0.2, -0.15) is 0 Å². The van der Waals surface area contributed by atoms with Crippen molar-refractivity contribution in [2.75, 3.05) is 13.2 Å². The largest absolute Gasteiger partial charge is 0.380 e. The molecule has 1 aliphatic carbocycles. The van der Waals surface area contributed by atoms with Gasteiger partial charge in [0.05, 0.1) is 11.5 Å². The molecule has 2 fully saturated rings. The van der Waals surface area contributed by atoms with E-state index >= 15 is 0 Å². The average Bonchev–Trinajstić information content (AvgIpc) is 3.14. The van der Waals surface area contributed by atoms with Crippen molar-refractivity contribution in [3.63, 3.8) is 0 Å². The zero-order valence-corrected chi connectivity index (χ0v) is 13.2. The molecule has 3 rings (SSSR count). The summed E-state index contributed by atoms with van der Waals surface area (Å²) in [6, 6.07) is 5.34. The summed E-state index contributed by atoms with van der Waals surface area (Å²) in [5.74, 6) is 0. The standard InChI is InChI=1S/C14H19ClN2O3S/c15-14-7-13(4-1-10(14)8-16-11-2-3-11)21(18,19)17-12-5-6-20-9-12/h1,4,7,11-12,16-17H,2-3,5-6,8-9H2. The third-order valence-electron chi connectivity index (χ3n) is 3.74. The summed E-state index contributed by atoms with van der Waals surface area (Å²) in [7, 11) is -3.54. The monoisotopic (exact) mass is 330 g/mol. The van der Waals surface area contributed by atoms with Crippen molar-refractivity contribution in [2.45, 2.75) is 42.8 Å². The number of rotatable bonds is 6. The Morgan fingerprint density at radius 1 is 1.24 bits per heavy atom. The van der Waals surface area contributed by atoms with E-state index in [1.807, 2.05) is 0 Å². The Hall–Kier alpha value is -0.660. The van der Waals surface area contributed by atoms with Gasteiger partial charge in [0.2, 0.25) is 10.0 Å². The van der Waals surface area contributed by atoms with Crippen molar-refractivity contribution in [1.82, 2.24) is 10.0 Å². The first-order chi connectivity index (χ1) is 10.0. The van der Waals surface area contributed by atoms with Crippen LogP contribution >= 0.6 is 11.6 Å². The maximum Gasteiger partial charge on any atom is 0.240 e. The van der Waals surface area contributed by atoms with Gasteiger partial charge >= 0.3 is 0 Å². The molecule has 0 bridgehead atoms. The van der Waals surface area contributed by atoms with Crippen LogP contribution in [0.25, 0.3) is 0 Å². The zero-order valence-electron chi connectivity index (χ0n) is 11.6. The van der Waals surface area contributed by atoms with Gasteiger partial charge in [-0.15, -0.1) is 0 Å². The molecule has 1 saturated heterocycles. The second-order valence-corrected chi connectivity index (χ2v) is 7.71. The van der Waals surface area contributed by atoms with Crippen LogP contribution in [0.4, 0.5) is 0 Å². The van der Waals surface area contributed by atoms with E-state index in [0.717, 1.165) is 5.56 Å². The summed E-state index contributed by atoms with van der Waals surface area (Å²) in [4.78, 5) is 0.203. The maximum atomic E-state index is 12.3. The Morgan fingerprint density at radius 3 is 2.67 bits per heavy atom. The number of benzene rings is 1. The van der Waals surface area contributed by atoms with Crippen LogP contribution in [0.3, 0.4) is 0 Å². The molecule has 2 N–H and O–H groups in total. The molecule has 1 unspecified atom stereocenters. The van der Waals surface area contributed by atoms with E-state index in [4.69, 9.17) is 16.3 Å². The molecule has 2 aliphatic rings. The summed E-state index contributed by atoms with van der Waals surface area (Å²) in [5.41, 5.74) is 0.923. The molecule has 1 heterocycles. The zero-order chi connectivity index (χ0) is 14.9. The molecule has 1 aromatic rings. The van der Waals surface area contributed by atoms with Gasteiger partial charge in [0.25, 0.3) is 0 Å². The highest BCUT2D eigenvalue weighted by molar-refractivity contribution is 7.89. The molecule has 7 heteroatoms. The number of sulfonamides is 1. The van der Waals surface area contributed by atoms with E-state index in [1.165, 1.54) is 18.9 Å². The fourth-order valence-electron chi connectivity index (χ4n) is 2.30. The molecular weight excluding hydrogens is 312 g/mol. The summed E-state index contributed by atoms with van der Waals surface area (Å²) in [5, 5.41) is 3.84. The quantitative estimate of drug-likeness (QED) is 0.832. The van der Waals surface area contributed by atoms with Crippen LogP contribution in [-0.4, -0.2) is 33.7 Å². The van der Waals surface area contributed by atoms with E-state index in [1.54, 1.807) is 12.1 Å². The molecule has 1 atom stereocenters. The predicted octanol–water partition coefficient (Wildman–Crippen LogP) is 1.66. The Kier molecular flexibility index (Phi) is 4.51. The molecule has 116 valence electrons. The molecule has 0 spiro atoms. The number of ether oxygens (including phenoxy) is 1. The van der Waals surface area contributed by atoms with Gasteiger partial charge in [0, 0.05) is 30.3 Å². The molecule has 0 aromatic heterocycles. The first kappa shape index (κ1) is 15.2. The Morgan fingerprint density at radius 2 is 2.05 bits per heavy atom. The van der Waals surface area contributed by atoms with Crippen molar-refractivity contribution >= 4 is 21.6 Å². The second kappa shape index (κ2) is 6.22. The third kappa shape index (κ3) is 3.96. The highest BCUT2D eigenvalue weighted by atomic mass is 35.5. The van der Waals surface area contributed by atoms with Crippen molar-refractivity contribution in [2.24, 2.45) is 0 Å². The molecular formula is C14H19ClN2O3S. The minimum atomic E-state index is -3.54.